The molecule has 1 rings (SSSR count). The molecule has 41 heavy (non-hydrogen) atoms. The van der Waals surface area contributed by atoms with Crippen molar-refractivity contribution in [3.63, 3.8) is 0 Å². The molecule has 0 heterocycles. The maximum Gasteiger partial charge on any atom is 0.305 e. The number of rotatable bonds is 17. The maximum absolute atomic E-state index is 11.9. The highest BCUT2D eigenvalue weighted by Gasteiger charge is 2.13. The topological polar surface area (TPSA) is 30.7 Å². The molecule has 1 unspecified atom stereocenters. The van der Waals surface area contributed by atoms with E-state index < -0.39 is 0 Å². The average Bonchev–Trinajstić information content (AvgIpc) is 3.50. The third-order valence-electron chi connectivity index (χ3n) is 6.78. The van der Waals surface area contributed by atoms with Gasteiger partial charge in [-0.3, -0.25) is 9.69 Å². The molecule has 1 fully saturated rings. The van der Waals surface area contributed by atoms with Crippen molar-refractivity contribution in [2.75, 3.05) is 20.2 Å². The van der Waals surface area contributed by atoms with Gasteiger partial charge in [0, 0.05) is 48.4 Å². The van der Waals surface area contributed by atoms with Crippen molar-refractivity contribution in [1.82, 2.24) is 0 Å². The number of unbranched alkanes of at least 4 members (excludes halogenated alkanes) is 9. The summed E-state index contributed by atoms with van der Waals surface area (Å²) in [7, 11) is 1.95. The van der Waals surface area contributed by atoms with Crippen molar-refractivity contribution >= 4 is 5.97 Å². The van der Waals surface area contributed by atoms with Crippen molar-refractivity contribution in [2.45, 2.75) is 109 Å². The Morgan fingerprint density at radius 2 is 1.12 bits per heavy atom. The van der Waals surface area contributed by atoms with Crippen LogP contribution in [0.4, 0.5) is 0 Å². The van der Waals surface area contributed by atoms with Gasteiger partial charge in [0.15, 0.2) is 0 Å². The summed E-state index contributed by atoms with van der Waals surface area (Å²) >= 11 is 0. The lowest BCUT2D eigenvalue weighted by Crippen LogP contribution is -3.05. The van der Waals surface area contributed by atoms with Crippen LogP contribution in [0.3, 0.4) is 0 Å². The van der Waals surface area contributed by atoms with Crippen LogP contribution in [-0.2, 0) is 9.53 Å². The molecule has 1 aliphatic rings. The highest BCUT2D eigenvalue weighted by molar-refractivity contribution is 5.69. The Labute approximate surface area is 250 Å². The molecule has 1 atom stereocenters. The molecule has 1 aliphatic carbocycles. The Balaban J connectivity index is 1.95. The van der Waals surface area contributed by atoms with Crippen molar-refractivity contribution in [1.29, 1.82) is 0 Å². The molecule has 0 aliphatic heterocycles. The zero-order chi connectivity index (χ0) is 29.5. The van der Waals surface area contributed by atoms with Crippen LogP contribution < -0.4 is 4.90 Å². The predicted octanol–water partition coefficient (Wildman–Crippen LogP) is 4.92. The normalized spacial score (nSPS) is 11.6. The summed E-state index contributed by atoms with van der Waals surface area (Å²) < 4.78 is 5.35. The number of carbonyl (C=O) groups excluding carboxylic acids is 1. The van der Waals surface area contributed by atoms with Crippen molar-refractivity contribution in [3.05, 3.63) is 0 Å². The molecule has 3 nitrogen and oxygen atoms in total. The zero-order valence-electron chi connectivity index (χ0n) is 24.9. The van der Waals surface area contributed by atoms with Gasteiger partial charge >= 0.3 is 5.97 Å². The van der Waals surface area contributed by atoms with Gasteiger partial charge in [-0.25, -0.2) is 0 Å². The first-order valence-electron chi connectivity index (χ1n) is 15.2. The quantitative estimate of drug-likeness (QED) is 0.160. The van der Waals surface area contributed by atoms with Crippen LogP contribution in [0.25, 0.3) is 0 Å². The third-order valence-corrected chi connectivity index (χ3v) is 6.78. The van der Waals surface area contributed by atoms with E-state index in [1.165, 1.54) is 83.5 Å². The Bertz CT molecular complexity index is 1240. The second-order valence-electron chi connectivity index (χ2n) is 10.2. The second kappa shape index (κ2) is 27.5. The fourth-order valence-corrected chi connectivity index (χ4v) is 4.59. The molecule has 0 radical (unpaired) electrons. The fourth-order valence-electron chi connectivity index (χ4n) is 4.59. The second-order valence-corrected chi connectivity index (χ2v) is 10.2. The number of nitrogens with one attached hydrogen (secondary N) is 1. The van der Waals surface area contributed by atoms with E-state index in [1.54, 1.807) is 0 Å². The summed E-state index contributed by atoms with van der Waals surface area (Å²) in [6.07, 6.45) is 26.5. The van der Waals surface area contributed by atoms with E-state index in [2.05, 4.69) is 88.9 Å². The minimum Gasteiger partial charge on any atom is -0.465 e. The Hall–Kier alpha value is -4.09. The SMILES string of the molecule is C#CC#CC#CC#CC#CC#CC#CC#C[NH+](C)CCCOC(=O)CCCCCCCCCCCCC1CCCC1. The van der Waals surface area contributed by atoms with E-state index in [0.29, 0.717) is 13.0 Å². The minimum absolute atomic E-state index is 0.0906. The van der Waals surface area contributed by atoms with E-state index >= 15 is 0 Å². The lowest BCUT2D eigenvalue weighted by molar-refractivity contribution is -0.807. The van der Waals surface area contributed by atoms with Gasteiger partial charge in [-0.05, 0) is 53.8 Å². The number of quaternary nitrogens is 1. The molecule has 1 N–H and O–H groups in total. The Morgan fingerprint density at radius 3 is 1.66 bits per heavy atom. The van der Waals surface area contributed by atoms with Gasteiger partial charge in [0.25, 0.3) is 0 Å². The molecule has 0 amide bonds. The van der Waals surface area contributed by atoms with Gasteiger partial charge in [-0.1, -0.05) is 89.9 Å². The lowest BCUT2D eigenvalue weighted by atomic mass is 9.99. The van der Waals surface area contributed by atoms with Crippen molar-refractivity contribution in [3.8, 4) is 95.4 Å². The van der Waals surface area contributed by atoms with Gasteiger partial charge in [-0.2, -0.15) is 0 Å². The van der Waals surface area contributed by atoms with E-state index in [9.17, 15) is 4.79 Å². The molecule has 0 aromatic heterocycles. The first-order chi connectivity index (χ1) is 20.2. The zero-order valence-corrected chi connectivity index (χ0v) is 24.9. The Kier molecular flexibility index (Phi) is 23.4. The summed E-state index contributed by atoms with van der Waals surface area (Å²) in [5.74, 6) is 36.2. The van der Waals surface area contributed by atoms with Crippen molar-refractivity contribution in [2.24, 2.45) is 5.92 Å². The predicted molar refractivity (Wildman–Crippen MR) is 168 cm³/mol. The van der Waals surface area contributed by atoms with Gasteiger partial charge in [0.05, 0.1) is 26.1 Å². The molecule has 212 valence electrons. The van der Waals surface area contributed by atoms with Crippen LogP contribution >= 0.6 is 0 Å². The van der Waals surface area contributed by atoms with Crippen LogP contribution in [0.5, 0.6) is 0 Å². The van der Waals surface area contributed by atoms with Crippen LogP contribution in [0.1, 0.15) is 109 Å². The number of hydrogen-bond acceptors (Lipinski definition) is 2. The lowest BCUT2D eigenvalue weighted by Gasteiger charge is -2.08. The molecule has 0 bridgehead atoms. The van der Waals surface area contributed by atoms with E-state index in [1.807, 2.05) is 7.05 Å². The third kappa shape index (κ3) is 24.7. The summed E-state index contributed by atoms with van der Waals surface area (Å²) in [5.41, 5.74) is 0. The summed E-state index contributed by atoms with van der Waals surface area (Å²) in [5, 5.41) is 0. The molecule has 0 aromatic carbocycles. The molecule has 0 aromatic rings. The molecule has 3 heteroatoms. The monoisotopic (exact) mass is 546 g/mol. The molecule has 0 spiro atoms. The first kappa shape index (κ1) is 34.9. The van der Waals surface area contributed by atoms with Crippen molar-refractivity contribution < 1.29 is 14.4 Å². The van der Waals surface area contributed by atoms with Gasteiger partial charge in [0.1, 0.15) is 6.04 Å². The highest BCUT2D eigenvalue weighted by atomic mass is 16.5. The van der Waals surface area contributed by atoms with E-state index in [4.69, 9.17) is 11.2 Å². The molecule has 0 saturated heterocycles. The molecule has 1 saturated carbocycles. The molecular formula is C38H44NO2+. The van der Waals surface area contributed by atoms with Crippen LogP contribution in [0.15, 0.2) is 0 Å². The van der Waals surface area contributed by atoms with Gasteiger partial charge in [-0.15, -0.1) is 6.42 Å². The van der Waals surface area contributed by atoms with Gasteiger partial charge < -0.3 is 4.74 Å². The number of ether oxygens (including phenoxy) is 1. The fraction of sp³-hybridized carbons (Fsp3) is 0.553. The van der Waals surface area contributed by atoms with E-state index in [0.717, 1.165) is 36.6 Å². The van der Waals surface area contributed by atoms with E-state index in [-0.39, 0.29) is 5.97 Å². The Morgan fingerprint density at radius 1 is 0.659 bits per heavy atom. The average molecular weight is 547 g/mol. The minimum atomic E-state index is -0.0906. The molecular weight excluding hydrogens is 502 g/mol. The van der Waals surface area contributed by atoms with Gasteiger partial charge in [0.2, 0.25) is 0 Å². The largest absolute Gasteiger partial charge is 0.465 e. The number of carbonyl (C=O) groups is 1. The standard InChI is InChI=1S/C38H43NO2/c1-3-4-5-6-7-8-9-10-11-14-17-20-23-28-34-39(2)35-29-36-41-38(40)33-25-22-19-16-13-12-15-18-21-24-30-37-31-26-27-32-37/h1,37H,12-13,15-16,18-19,21-22,24-27,29-33,35-36H2,2H3/p+1. The van der Waals surface area contributed by atoms with Crippen LogP contribution in [0, 0.1) is 101 Å². The number of hydrogen-bond donors (Lipinski definition) is 1. The summed E-state index contributed by atoms with van der Waals surface area (Å²) in [6.45, 7) is 1.20. The van der Waals surface area contributed by atoms with Crippen LogP contribution in [-0.4, -0.2) is 26.2 Å². The number of terminal acetylenes is 1. The smallest absolute Gasteiger partial charge is 0.305 e. The summed E-state index contributed by atoms with van der Waals surface area (Å²) in [4.78, 5) is 12.9. The maximum atomic E-state index is 11.9. The van der Waals surface area contributed by atoms with Crippen LogP contribution in [0.2, 0.25) is 0 Å². The first-order valence-corrected chi connectivity index (χ1v) is 15.2. The number of esters is 1. The highest BCUT2D eigenvalue weighted by Crippen LogP contribution is 2.29. The summed E-state index contributed by atoms with van der Waals surface area (Å²) in [6, 6.07) is 2.98.